The maximum Gasteiger partial charge on any atom is 0.269 e. The van der Waals surface area contributed by atoms with Crippen molar-refractivity contribution in [3.8, 4) is 0 Å². The number of benzene rings is 1. The molecule has 2 aromatic rings. The zero-order chi connectivity index (χ0) is 12.3. The van der Waals surface area contributed by atoms with Crippen LogP contribution in [0.5, 0.6) is 0 Å². The topological polar surface area (TPSA) is 78.0 Å². The third kappa shape index (κ3) is 2.54. The molecule has 0 bridgehead atoms. The number of imidazole rings is 1. The van der Waals surface area contributed by atoms with Gasteiger partial charge in [0.15, 0.2) is 6.29 Å². The first-order chi connectivity index (χ1) is 8.19. The van der Waals surface area contributed by atoms with E-state index in [1.54, 1.807) is 22.9 Å². The highest BCUT2D eigenvalue weighted by Gasteiger charge is 2.06. The van der Waals surface area contributed by atoms with Crippen LogP contribution in [0.3, 0.4) is 0 Å². The fraction of sp³-hybridized carbons (Fsp3) is 0.0909. The Morgan fingerprint density at radius 2 is 2.29 bits per heavy atom. The molecule has 0 unspecified atom stereocenters. The van der Waals surface area contributed by atoms with Crippen LogP contribution in [0, 0.1) is 10.1 Å². The van der Waals surface area contributed by atoms with Gasteiger partial charge in [0.2, 0.25) is 0 Å². The minimum absolute atomic E-state index is 0.0539. The predicted octanol–water partition coefficient (Wildman–Crippen LogP) is 1.65. The molecule has 0 atom stereocenters. The molecule has 6 nitrogen and oxygen atoms in total. The number of nitrogens with zero attached hydrogens (tertiary/aromatic N) is 3. The van der Waals surface area contributed by atoms with Crippen molar-refractivity contribution in [2.75, 3.05) is 0 Å². The molecule has 2 rings (SSSR count). The van der Waals surface area contributed by atoms with Gasteiger partial charge in [-0.2, -0.15) is 0 Å². The molecule has 1 aromatic heterocycles. The summed E-state index contributed by atoms with van der Waals surface area (Å²) in [6.07, 6.45) is 3.76. The summed E-state index contributed by atoms with van der Waals surface area (Å²) in [5.41, 5.74) is 1.18. The molecule has 0 saturated carbocycles. The van der Waals surface area contributed by atoms with Crippen molar-refractivity contribution in [1.29, 1.82) is 0 Å². The Morgan fingerprint density at radius 1 is 1.47 bits per heavy atom. The summed E-state index contributed by atoms with van der Waals surface area (Å²) in [6, 6.07) is 6.35. The second-order valence-electron chi connectivity index (χ2n) is 3.52. The molecule has 1 aromatic carbocycles. The van der Waals surface area contributed by atoms with Crippen LogP contribution in [0.15, 0.2) is 36.8 Å². The lowest BCUT2D eigenvalue weighted by Gasteiger charge is -2.01. The van der Waals surface area contributed by atoms with E-state index in [9.17, 15) is 14.9 Å². The van der Waals surface area contributed by atoms with Gasteiger partial charge in [-0.25, -0.2) is 4.98 Å². The summed E-state index contributed by atoms with van der Waals surface area (Å²) >= 11 is 0. The minimum Gasteiger partial charge on any atom is -0.332 e. The summed E-state index contributed by atoms with van der Waals surface area (Å²) in [7, 11) is 0. The average Bonchev–Trinajstić information content (AvgIpc) is 2.77. The van der Waals surface area contributed by atoms with Crippen LogP contribution in [0.4, 0.5) is 5.69 Å². The monoisotopic (exact) mass is 231 g/mol. The molecule has 0 N–H and O–H groups in total. The Hall–Kier alpha value is -2.50. The second kappa shape index (κ2) is 4.56. The van der Waals surface area contributed by atoms with E-state index >= 15 is 0 Å². The molecule has 0 aliphatic carbocycles. The normalized spacial score (nSPS) is 10.1. The molecule has 0 fully saturated rings. The number of aromatic nitrogens is 2. The lowest BCUT2D eigenvalue weighted by atomic mass is 10.2. The number of hydrogen-bond acceptors (Lipinski definition) is 4. The Balaban J connectivity index is 2.20. The molecule has 0 amide bonds. The van der Waals surface area contributed by atoms with Crippen LogP contribution < -0.4 is 0 Å². The van der Waals surface area contributed by atoms with Crippen LogP contribution in [-0.4, -0.2) is 20.8 Å². The van der Waals surface area contributed by atoms with Crippen molar-refractivity contribution in [3.63, 3.8) is 0 Å². The first kappa shape index (κ1) is 11.0. The van der Waals surface area contributed by atoms with Crippen LogP contribution in [0.1, 0.15) is 16.1 Å². The van der Waals surface area contributed by atoms with Crippen LogP contribution in [0.25, 0.3) is 0 Å². The van der Waals surface area contributed by atoms with E-state index in [4.69, 9.17) is 0 Å². The van der Waals surface area contributed by atoms with Gasteiger partial charge in [0.1, 0.15) is 5.69 Å². The zero-order valence-electron chi connectivity index (χ0n) is 8.81. The number of nitro groups is 1. The van der Waals surface area contributed by atoms with Crippen molar-refractivity contribution < 1.29 is 9.72 Å². The zero-order valence-corrected chi connectivity index (χ0v) is 8.81. The smallest absolute Gasteiger partial charge is 0.269 e. The van der Waals surface area contributed by atoms with Gasteiger partial charge in [0.05, 0.1) is 11.3 Å². The number of aldehydes is 1. The van der Waals surface area contributed by atoms with Gasteiger partial charge in [0, 0.05) is 24.9 Å². The Labute approximate surface area is 96.7 Å². The van der Waals surface area contributed by atoms with Gasteiger partial charge in [-0.1, -0.05) is 12.1 Å². The molecule has 0 aliphatic rings. The predicted molar refractivity (Wildman–Crippen MR) is 59.8 cm³/mol. The molecule has 0 aliphatic heterocycles. The fourth-order valence-electron chi connectivity index (χ4n) is 1.50. The molecule has 86 valence electrons. The number of non-ortho nitro benzene ring substituents is 1. The maximum absolute atomic E-state index is 10.6. The Morgan fingerprint density at radius 3 is 2.94 bits per heavy atom. The number of rotatable bonds is 4. The first-order valence-corrected chi connectivity index (χ1v) is 4.89. The molecule has 0 spiro atoms. The van der Waals surface area contributed by atoms with Crippen molar-refractivity contribution in [1.82, 2.24) is 9.55 Å². The fourth-order valence-corrected chi connectivity index (χ4v) is 1.50. The highest BCUT2D eigenvalue weighted by Crippen LogP contribution is 2.14. The van der Waals surface area contributed by atoms with E-state index in [1.807, 2.05) is 0 Å². The molecular weight excluding hydrogens is 222 g/mol. The van der Waals surface area contributed by atoms with Crippen molar-refractivity contribution in [2.24, 2.45) is 0 Å². The SMILES string of the molecule is O=Cc1cn(Cc2cccc([N+](=O)[O-])c2)cn1. The summed E-state index contributed by atoms with van der Waals surface area (Å²) in [5, 5.41) is 10.6. The molecule has 0 radical (unpaired) electrons. The van der Waals surface area contributed by atoms with E-state index in [2.05, 4.69) is 4.98 Å². The van der Waals surface area contributed by atoms with Gasteiger partial charge >= 0.3 is 0 Å². The van der Waals surface area contributed by atoms with E-state index < -0.39 is 4.92 Å². The highest BCUT2D eigenvalue weighted by atomic mass is 16.6. The van der Waals surface area contributed by atoms with Crippen molar-refractivity contribution >= 4 is 12.0 Å². The summed E-state index contributed by atoms with van der Waals surface area (Å²) in [5.74, 6) is 0. The average molecular weight is 231 g/mol. The lowest BCUT2D eigenvalue weighted by molar-refractivity contribution is -0.384. The lowest BCUT2D eigenvalue weighted by Crippen LogP contribution is -1.97. The van der Waals surface area contributed by atoms with Crippen LogP contribution >= 0.6 is 0 Å². The quantitative estimate of drug-likeness (QED) is 0.455. The number of hydrogen-bond donors (Lipinski definition) is 0. The van der Waals surface area contributed by atoms with Gasteiger partial charge in [-0.3, -0.25) is 14.9 Å². The molecule has 17 heavy (non-hydrogen) atoms. The third-order valence-corrected chi connectivity index (χ3v) is 2.26. The van der Waals surface area contributed by atoms with Crippen molar-refractivity contribution in [2.45, 2.75) is 6.54 Å². The Kier molecular flexibility index (Phi) is 2.95. The number of carbonyl (C=O) groups excluding carboxylic acids is 1. The van der Waals surface area contributed by atoms with E-state index in [0.717, 1.165) is 5.56 Å². The van der Waals surface area contributed by atoms with E-state index in [1.165, 1.54) is 18.5 Å². The van der Waals surface area contributed by atoms with E-state index in [0.29, 0.717) is 18.5 Å². The number of nitro benzene ring substituents is 1. The molecule has 0 saturated heterocycles. The summed E-state index contributed by atoms with van der Waals surface area (Å²) < 4.78 is 1.70. The van der Waals surface area contributed by atoms with E-state index in [-0.39, 0.29) is 5.69 Å². The van der Waals surface area contributed by atoms with Gasteiger partial charge in [-0.05, 0) is 5.56 Å². The van der Waals surface area contributed by atoms with Gasteiger partial charge in [-0.15, -0.1) is 0 Å². The largest absolute Gasteiger partial charge is 0.332 e. The third-order valence-electron chi connectivity index (χ3n) is 2.26. The highest BCUT2D eigenvalue weighted by molar-refractivity contribution is 5.70. The van der Waals surface area contributed by atoms with Crippen LogP contribution in [-0.2, 0) is 6.54 Å². The molecule has 6 heteroatoms. The minimum atomic E-state index is -0.436. The van der Waals surface area contributed by atoms with Crippen LogP contribution in [0.2, 0.25) is 0 Å². The molecular formula is C11H9N3O3. The Bertz CT molecular complexity index is 563. The second-order valence-corrected chi connectivity index (χ2v) is 3.52. The summed E-state index contributed by atoms with van der Waals surface area (Å²) in [6.45, 7) is 0.447. The maximum atomic E-state index is 10.6. The van der Waals surface area contributed by atoms with Gasteiger partial charge < -0.3 is 4.57 Å². The van der Waals surface area contributed by atoms with Crippen molar-refractivity contribution in [3.05, 3.63) is 58.2 Å². The standard InChI is InChI=1S/C11H9N3O3/c15-7-10-6-13(8-12-10)5-9-2-1-3-11(4-9)14(16)17/h1-4,6-8H,5H2. The molecule has 1 heterocycles. The number of carbonyl (C=O) groups is 1. The first-order valence-electron chi connectivity index (χ1n) is 4.89. The summed E-state index contributed by atoms with van der Waals surface area (Å²) in [4.78, 5) is 24.5. The van der Waals surface area contributed by atoms with Gasteiger partial charge in [0.25, 0.3) is 5.69 Å².